The number of nitrogens with one attached hydrogen (secondary N) is 1. The highest BCUT2D eigenvalue weighted by atomic mass is 35.5. The Kier molecular flexibility index (Phi) is 4.41. The second-order valence-corrected chi connectivity index (χ2v) is 7.44. The summed E-state index contributed by atoms with van der Waals surface area (Å²) < 4.78 is 13.1. The topological polar surface area (TPSA) is 55.1 Å². The van der Waals surface area contributed by atoms with Crippen LogP contribution in [0, 0.1) is 23.6 Å². The molecule has 0 aliphatic heterocycles. The number of hydrogen-bond donors (Lipinski definition) is 2. The standard InChI is InChI=1S/C18H23FN2O.ClH/c19-14-5-3-13(4-6-14)18(7-8-18)10-21-17(22)15-11-1-2-12(9-11)16(15)20;/h3-6,11-12,15-16H,1-2,7-10,20H2,(H,21,22);1H. The van der Waals surface area contributed by atoms with Crippen LogP contribution in [0.1, 0.15) is 37.7 Å². The summed E-state index contributed by atoms with van der Waals surface area (Å²) in [4.78, 5) is 12.6. The highest BCUT2D eigenvalue weighted by Crippen LogP contribution is 2.49. The molecule has 3 N–H and O–H groups in total. The molecule has 0 aromatic heterocycles. The molecule has 4 unspecified atom stereocenters. The molecule has 3 nitrogen and oxygen atoms in total. The van der Waals surface area contributed by atoms with E-state index in [1.165, 1.54) is 18.6 Å². The van der Waals surface area contributed by atoms with E-state index < -0.39 is 0 Å². The Bertz CT molecular complexity index is 585. The number of hydrogen-bond acceptors (Lipinski definition) is 2. The summed E-state index contributed by atoms with van der Waals surface area (Å²) in [7, 11) is 0. The summed E-state index contributed by atoms with van der Waals surface area (Å²) >= 11 is 0. The van der Waals surface area contributed by atoms with Gasteiger partial charge < -0.3 is 11.1 Å². The number of benzene rings is 1. The van der Waals surface area contributed by atoms with Gasteiger partial charge in [-0.05, 0) is 61.6 Å². The first kappa shape index (κ1) is 16.7. The molecule has 0 spiro atoms. The van der Waals surface area contributed by atoms with Crippen LogP contribution in [0.25, 0.3) is 0 Å². The van der Waals surface area contributed by atoms with E-state index in [4.69, 9.17) is 5.73 Å². The van der Waals surface area contributed by atoms with Crippen LogP contribution in [0.5, 0.6) is 0 Å². The molecule has 0 saturated heterocycles. The fourth-order valence-electron chi connectivity index (χ4n) is 4.62. The van der Waals surface area contributed by atoms with Gasteiger partial charge in [-0.15, -0.1) is 12.4 Å². The molecule has 126 valence electrons. The van der Waals surface area contributed by atoms with Crippen molar-refractivity contribution in [1.29, 1.82) is 0 Å². The molecule has 3 fully saturated rings. The van der Waals surface area contributed by atoms with E-state index in [9.17, 15) is 9.18 Å². The molecule has 1 amide bonds. The first-order chi connectivity index (χ1) is 10.6. The Morgan fingerprint density at radius 3 is 2.43 bits per heavy atom. The van der Waals surface area contributed by atoms with Crippen molar-refractivity contribution in [2.45, 2.75) is 43.6 Å². The van der Waals surface area contributed by atoms with Gasteiger partial charge in [-0.2, -0.15) is 0 Å². The maximum absolute atomic E-state index is 13.1. The van der Waals surface area contributed by atoms with Crippen molar-refractivity contribution >= 4 is 18.3 Å². The lowest BCUT2D eigenvalue weighted by atomic mass is 9.84. The van der Waals surface area contributed by atoms with E-state index in [1.54, 1.807) is 0 Å². The number of fused-ring (bicyclic) bond motifs is 2. The average molecular weight is 339 g/mol. The van der Waals surface area contributed by atoms with Crippen LogP contribution in [0.2, 0.25) is 0 Å². The van der Waals surface area contributed by atoms with E-state index in [1.807, 2.05) is 12.1 Å². The zero-order chi connectivity index (χ0) is 15.3. The zero-order valence-electron chi connectivity index (χ0n) is 13.1. The first-order valence-corrected chi connectivity index (χ1v) is 8.38. The summed E-state index contributed by atoms with van der Waals surface area (Å²) in [5, 5.41) is 3.14. The molecule has 23 heavy (non-hydrogen) atoms. The zero-order valence-corrected chi connectivity index (χ0v) is 13.9. The summed E-state index contributed by atoms with van der Waals surface area (Å²) in [6, 6.07) is 6.74. The smallest absolute Gasteiger partial charge is 0.224 e. The number of rotatable bonds is 4. The van der Waals surface area contributed by atoms with E-state index in [0.29, 0.717) is 18.4 Å². The van der Waals surface area contributed by atoms with E-state index in [0.717, 1.165) is 31.2 Å². The Labute approximate surface area is 142 Å². The van der Waals surface area contributed by atoms with E-state index >= 15 is 0 Å². The Morgan fingerprint density at radius 2 is 1.87 bits per heavy atom. The van der Waals surface area contributed by atoms with Gasteiger partial charge in [-0.3, -0.25) is 4.79 Å². The van der Waals surface area contributed by atoms with E-state index in [2.05, 4.69) is 5.32 Å². The average Bonchev–Trinajstić information content (AvgIpc) is 3.04. The monoisotopic (exact) mass is 338 g/mol. The second-order valence-electron chi connectivity index (χ2n) is 7.44. The molecule has 0 radical (unpaired) electrons. The normalized spacial score (nSPS) is 33.1. The van der Waals surface area contributed by atoms with Crippen molar-refractivity contribution < 1.29 is 9.18 Å². The minimum absolute atomic E-state index is 0. The van der Waals surface area contributed by atoms with Crippen LogP contribution in [-0.4, -0.2) is 18.5 Å². The Balaban J connectivity index is 0.00000156. The van der Waals surface area contributed by atoms with Gasteiger partial charge in [-0.25, -0.2) is 4.39 Å². The molecule has 4 rings (SSSR count). The molecule has 3 saturated carbocycles. The minimum Gasteiger partial charge on any atom is -0.355 e. The summed E-state index contributed by atoms with van der Waals surface area (Å²) in [5.41, 5.74) is 7.40. The number of amides is 1. The maximum Gasteiger partial charge on any atom is 0.224 e. The van der Waals surface area contributed by atoms with Gasteiger partial charge in [0.05, 0.1) is 5.92 Å². The first-order valence-electron chi connectivity index (χ1n) is 8.38. The lowest BCUT2D eigenvalue weighted by Gasteiger charge is -2.28. The van der Waals surface area contributed by atoms with Gasteiger partial charge in [0.1, 0.15) is 5.82 Å². The van der Waals surface area contributed by atoms with Gasteiger partial charge in [-0.1, -0.05) is 12.1 Å². The molecule has 1 aromatic rings. The van der Waals surface area contributed by atoms with Crippen LogP contribution in [0.3, 0.4) is 0 Å². The van der Waals surface area contributed by atoms with Crippen LogP contribution in [-0.2, 0) is 10.2 Å². The Morgan fingerprint density at radius 1 is 1.22 bits per heavy atom. The van der Waals surface area contributed by atoms with Gasteiger partial charge in [0.25, 0.3) is 0 Å². The minimum atomic E-state index is -0.212. The third-order valence-electron chi connectivity index (χ3n) is 6.19. The molecular formula is C18H24ClFN2O. The fourth-order valence-corrected chi connectivity index (χ4v) is 4.62. The highest BCUT2D eigenvalue weighted by Gasteiger charge is 2.50. The molecular weight excluding hydrogens is 315 g/mol. The molecule has 1 aromatic carbocycles. The molecule has 3 aliphatic carbocycles. The summed E-state index contributed by atoms with van der Waals surface area (Å²) in [6.45, 7) is 0.651. The van der Waals surface area contributed by atoms with Gasteiger partial charge in [0.15, 0.2) is 0 Å². The number of nitrogens with two attached hydrogens (primary N) is 1. The number of halogens is 2. The molecule has 5 heteroatoms. The second kappa shape index (κ2) is 6.06. The SMILES string of the molecule is Cl.NC1C2CCC(C2)C1C(=O)NCC1(c2ccc(F)cc2)CC1. The lowest BCUT2D eigenvalue weighted by Crippen LogP contribution is -2.46. The molecule has 0 heterocycles. The van der Waals surface area contributed by atoms with Crippen LogP contribution in [0.15, 0.2) is 24.3 Å². The van der Waals surface area contributed by atoms with Gasteiger partial charge in [0.2, 0.25) is 5.91 Å². The fraction of sp³-hybridized carbons (Fsp3) is 0.611. The number of carbonyl (C=O) groups excluding carboxylic acids is 1. The van der Waals surface area contributed by atoms with Crippen molar-refractivity contribution in [2.24, 2.45) is 23.5 Å². The predicted octanol–water partition coefficient (Wildman–Crippen LogP) is 2.77. The third-order valence-corrected chi connectivity index (χ3v) is 6.19. The van der Waals surface area contributed by atoms with Crippen molar-refractivity contribution in [2.75, 3.05) is 6.54 Å². The Hall–Kier alpha value is -1.13. The summed E-state index contributed by atoms with van der Waals surface area (Å²) in [5.74, 6) is 0.959. The van der Waals surface area contributed by atoms with Crippen molar-refractivity contribution in [3.05, 3.63) is 35.6 Å². The molecule has 3 aliphatic rings. The van der Waals surface area contributed by atoms with Gasteiger partial charge >= 0.3 is 0 Å². The molecule has 4 atom stereocenters. The highest BCUT2D eigenvalue weighted by molar-refractivity contribution is 5.85. The van der Waals surface area contributed by atoms with Crippen LogP contribution < -0.4 is 11.1 Å². The third kappa shape index (κ3) is 2.87. The lowest BCUT2D eigenvalue weighted by molar-refractivity contribution is -0.127. The predicted molar refractivity (Wildman–Crippen MR) is 89.9 cm³/mol. The van der Waals surface area contributed by atoms with Gasteiger partial charge in [0, 0.05) is 18.0 Å². The summed E-state index contributed by atoms with van der Waals surface area (Å²) in [6.07, 6.45) is 5.58. The van der Waals surface area contributed by atoms with Crippen LogP contribution >= 0.6 is 12.4 Å². The maximum atomic E-state index is 13.1. The van der Waals surface area contributed by atoms with Crippen molar-refractivity contribution in [3.63, 3.8) is 0 Å². The number of carbonyl (C=O) groups is 1. The van der Waals surface area contributed by atoms with Crippen molar-refractivity contribution in [1.82, 2.24) is 5.32 Å². The van der Waals surface area contributed by atoms with Crippen LogP contribution in [0.4, 0.5) is 4.39 Å². The largest absolute Gasteiger partial charge is 0.355 e. The van der Waals surface area contributed by atoms with E-state index in [-0.39, 0.29) is 41.5 Å². The molecule has 2 bridgehead atoms. The van der Waals surface area contributed by atoms with Crippen molar-refractivity contribution in [3.8, 4) is 0 Å². The quantitative estimate of drug-likeness (QED) is 0.887.